The van der Waals surface area contributed by atoms with Crippen molar-refractivity contribution >= 4 is 26.6 Å². The van der Waals surface area contributed by atoms with Crippen LogP contribution < -0.4 is 9.46 Å². The highest BCUT2D eigenvalue weighted by Gasteiger charge is 2.31. The van der Waals surface area contributed by atoms with Crippen LogP contribution in [0.3, 0.4) is 0 Å². The number of primary sulfonamides is 1. The molecule has 3 rings (SSSR count). The number of benzene rings is 2. The van der Waals surface area contributed by atoms with E-state index >= 15 is 0 Å². The molecule has 0 atom stereocenters. The summed E-state index contributed by atoms with van der Waals surface area (Å²) in [6.07, 6.45) is -4.30. The van der Waals surface area contributed by atoms with Gasteiger partial charge in [0, 0.05) is 30.1 Å². The summed E-state index contributed by atoms with van der Waals surface area (Å²) in [5.74, 6) is -0.311. The maximum Gasteiger partial charge on any atom is 0.573 e. The van der Waals surface area contributed by atoms with E-state index < -0.39 is 16.4 Å². The molecule has 0 bridgehead atoms. The van der Waals surface area contributed by atoms with Gasteiger partial charge in [-0.3, -0.25) is 0 Å². The van der Waals surface area contributed by atoms with E-state index in [1.54, 1.807) is 35.8 Å². The van der Waals surface area contributed by atoms with Crippen molar-refractivity contribution < 1.29 is 31.0 Å². The van der Waals surface area contributed by atoms with E-state index in [1.165, 1.54) is 22.9 Å². The number of nitrogens with zero attached hydrogens (tertiary/aromatic N) is 2. The van der Waals surface area contributed by atoms with Crippen LogP contribution in [0.5, 0.6) is 5.75 Å². The molecule has 1 heterocycles. The summed E-state index contributed by atoms with van der Waals surface area (Å²) in [5.41, 5.74) is 2.48. The van der Waals surface area contributed by atoms with Gasteiger partial charge in [0.15, 0.2) is 0 Å². The van der Waals surface area contributed by atoms with Crippen molar-refractivity contribution in [2.75, 3.05) is 5.75 Å². The predicted molar refractivity (Wildman–Crippen MR) is 110 cm³/mol. The summed E-state index contributed by atoms with van der Waals surface area (Å²) in [6, 6.07) is 12.7. The lowest BCUT2D eigenvalue weighted by atomic mass is 10.1. The number of quaternary nitrogens is 1. The SMILES string of the molecule is CCCS(=O)(=O)[NH2+]c1ccc(-c2c(C#N)c3ccc(OC(F)(F)F)cc3n2CC)cc1. The van der Waals surface area contributed by atoms with E-state index in [-0.39, 0.29) is 11.5 Å². The Morgan fingerprint density at radius 1 is 1.13 bits per heavy atom. The van der Waals surface area contributed by atoms with Crippen LogP contribution in [0.25, 0.3) is 22.2 Å². The van der Waals surface area contributed by atoms with Gasteiger partial charge in [0.2, 0.25) is 0 Å². The summed E-state index contributed by atoms with van der Waals surface area (Å²) in [5, 5.41) is 10.3. The van der Waals surface area contributed by atoms with Gasteiger partial charge in [0.1, 0.15) is 23.3 Å². The Labute approximate surface area is 177 Å². The third-order valence-corrected chi connectivity index (χ3v) is 6.29. The van der Waals surface area contributed by atoms with E-state index in [9.17, 15) is 26.9 Å². The minimum absolute atomic E-state index is 0.0553. The second-order valence-electron chi connectivity index (χ2n) is 6.91. The molecule has 0 saturated carbocycles. The van der Waals surface area contributed by atoms with Gasteiger partial charge in [-0.1, -0.05) is 6.92 Å². The van der Waals surface area contributed by atoms with Crippen molar-refractivity contribution in [1.29, 1.82) is 5.26 Å². The van der Waals surface area contributed by atoms with E-state index in [4.69, 9.17) is 0 Å². The Bertz CT molecular complexity index is 1240. The lowest BCUT2D eigenvalue weighted by Crippen LogP contribution is -2.82. The van der Waals surface area contributed by atoms with Crippen LogP contribution in [-0.2, 0) is 16.6 Å². The second-order valence-corrected chi connectivity index (χ2v) is 8.88. The van der Waals surface area contributed by atoms with Crippen molar-refractivity contribution in [3.63, 3.8) is 0 Å². The fraction of sp³-hybridized carbons (Fsp3) is 0.286. The summed E-state index contributed by atoms with van der Waals surface area (Å²) in [6.45, 7) is 4.01. The molecule has 10 heteroatoms. The lowest BCUT2D eigenvalue weighted by molar-refractivity contribution is -0.397. The number of sulfonamides is 1. The Balaban J connectivity index is 2.08. The molecule has 0 aliphatic heterocycles. The molecule has 0 spiro atoms. The van der Waals surface area contributed by atoms with Gasteiger partial charge in [0.05, 0.1) is 16.8 Å². The molecule has 1 aromatic heterocycles. The molecule has 164 valence electrons. The van der Waals surface area contributed by atoms with Gasteiger partial charge in [-0.15, -0.1) is 13.2 Å². The Kier molecular flexibility index (Phi) is 6.29. The van der Waals surface area contributed by atoms with Crippen LogP contribution in [0.15, 0.2) is 42.5 Å². The number of aromatic nitrogens is 1. The average Bonchev–Trinajstić information content (AvgIpc) is 2.99. The van der Waals surface area contributed by atoms with Crippen molar-refractivity contribution in [3.05, 3.63) is 48.0 Å². The minimum atomic E-state index is -4.82. The van der Waals surface area contributed by atoms with E-state index in [1.807, 2.05) is 6.92 Å². The molecule has 0 aliphatic carbocycles. The fourth-order valence-corrected chi connectivity index (χ4v) is 4.80. The molecule has 0 aliphatic rings. The number of aryl methyl sites for hydroxylation is 1. The molecule has 0 unspecified atom stereocenters. The number of halogens is 3. The third-order valence-electron chi connectivity index (χ3n) is 4.69. The highest BCUT2D eigenvalue weighted by Crippen LogP contribution is 2.36. The first kappa shape index (κ1) is 22.7. The van der Waals surface area contributed by atoms with Crippen molar-refractivity contribution in [1.82, 2.24) is 4.57 Å². The number of fused-ring (bicyclic) bond motifs is 1. The molecular weight excluding hydrogens is 431 g/mol. The molecular formula is C21H21F3N3O3S+. The number of nitriles is 1. The smallest absolute Gasteiger partial charge is 0.406 e. The normalized spacial score (nSPS) is 12.1. The molecule has 31 heavy (non-hydrogen) atoms. The summed E-state index contributed by atoms with van der Waals surface area (Å²) in [4.78, 5) is 0. The van der Waals surface area contributed by atoms with Crippen LogP contribution in [0.1, 0.15) is 25.8 Å². The molecule has 6 nitrogen and oxygen atoms in total. The van der Waals surface area contributed by atoms with E-state index in [0.717, 1.165) is 0 Å². The fourth-order valence-electron chi connectivity index (χ4n) is 3.54. The first-order chi connectivity index (χ1) is 14.6. The molecule has 2 N–H and O–H groups in total. The van der Waals surface area contributed by atoms with Crippen LogP contribution in [0.2, 0.25) is 0 Å². The van der Waals surface area contributed by atoms with Crippen molar-refractivity contribution in [2.45, 2.75) is 33.2 Å². The van der Waals surface area contributed by atoms with E-state index in [2.05, 4.69) is 10.8 Å². The van der Waals surface area contributed by atoms with Gasteiger partial charge in [-0.05, 0) is 43.2 Å². The first-order valence-corrected chi connectivity index (χ1v) is 11.3. The highest BCUT2D eigenvalue weighted by molar-refractivity contribution is 7.84. The largest absolute Gasteiger partial charge is 0.573 e. The number of alkyl halides is 3. The quantitative estimate of drug-likeness (QED) is 0.548. The molecule has 3 aromatic rings. The zero-order chi connectivity index (χ0) is 22.8. The van der Waals surface area contributed by atoms with Gasteiger partial charge in [0.25, 0.3) is 10.0 Å². The van der Waals surface area contributed by atoms with Crippen LogP contribution in [-0.4, -0.2) is 25.1 Å². The van der Waals surface area contributed by atoms with Gasteiger partial charge < -0.3 is 9.30 Å². The molecule has 0 saturated heterocycles. The standard InChI is InChI=1S/C21H20F3N3O3S/c1-3-11-31(28,29)26-15-7-5-14(6-8-15)20-18(13-25)17-10-9-16(30-21(22,23)24)12-19(17)27(20)4-2/h5-10,12,26H,3-4,11H2,1-2H3/p+1. The molecule has 0 radical (unpaired) electrons. The summed E-state index contributed by atoms with van der Waals surface area (Å²) in [7, 11) is -3.32. The highest BCUT2D eigenvalue weighted by atomic mass is 32.2. The average molecular weight is 452 g/mol. The predicted octanol–water partition coefficient (Wildman–Crippen LogP) is 4.03. The topological polar surface area (TPSA) is 88.7 Å². The van der Waals surface area contributed by atoms with Crippen LogP contribution in [0, 0.1) is 11.3 Å². The zero-order valence-corrected chi connectivity index (χ0v) is 17.7. The maximum absolute atomic E-state index is 12.6. The minimum Gasteiger partial charge on any atom is -0.406 e. The molecule has 0 amide bonds. The Hall–Kier alpha value is -3.03. The van der Waals surface area contributed by atoms with Gasteiger partial charge in [-0.2, -0.15) is 13.7 Å². The number of hydrogen-bond donors (Lipinski definition) is 1. The number of rotatable bonds is 7. The third kappa shape index (κ3) is 5.00. The number of hydrogen-bond acceptors (Lipinski definition) is 4. The van der Waals surface area contributed by atoms with Gasteiger partial charge in [-0.25, -0.2) is 4.72 Å². The van der Waals surface area contributed by atoms with Crippen LogP contribution in [0.4, 0.5) is 18.9 Å². The van der Waals surface area contributed by atoms with E-state index in [0.29, 0.717) is 46.4 Å². The Morgan fingerprint density at radius 3 is 2.35 bits per heavy atom. The number of ether oxygens (including phenoxy) is 1. The van der Waals surface area contributed by atoms with Gasteiger partial charge >= 0.3 is 6.36 Å². The van der Waals surface area contributed by atoms with Crippen LogP contribution >= 0.6 is 0 Å². The Morgan fingerprint density at radius 2 is 1.81 bits per heavy atom. The maximum atomic E-state index is 12.6. The first-order valence-electron chi connectivity index (χ1n) is 9.58. The van der Waals surface area contributed by atoms with Crippen molar-refractivity contribution in [3.8, 4) is 23.1 Å². The molecule has 0 fully saturated rings. The van der Waals surface area contributed by atoms with Crippen molar-refractivity contribution in [2.24, 2.45) is 0 Å². The second kappa shape index (κ2) is 8.61. The lowest BCUT2D eigenvalue weighted by Gasteiger charge is -2.11. The molecule has 2 aromatic carbocycles. The summed E-state index contributed by atoms with van der Waals surface area (Å²) < 4.78 is 68.8. The summed E-state index contributed by atoms with van der Waals surface area (Å²) >= 11 is 0. The zero-order valence-electron chi connectivity index (χ0n) is 16.9. The monoisotopic (exact) mass is 452 g/mol. The number of nitrogens with two attached hydrogens (primary N) is 1.